The van der Waals surface area contributed by atoms with E-state index in [0.717, 1.165) is 35.1 Å². The van der Waals surface area contributed by atoms with Crippen molar-refractivity contribution in [3.05, 3.63) is 44.6 Å². The van der Waals surface area contributed by atoms with Crippen molar-refractivity contribution < 1.29 is 14.6 Å². The Kier molecular flexibility index (Phi) is 2.41. The third kappa shape index (κ3) is 1.42. The van der Waals surface area contributed by atoms with Gasteiger partial charge in [-0.3, -0.25) is 9.59 Å². The number of aryl methyl sites for hydroxylation is 1. The lowest BCUT2D eigenvalue weighted by Gasteiger charge is -2.58. The summed E-state index contributed by atoms with van der Waals surface area (Å²) in [5.41, 5.74) is 3.31. The fourth-order valence-electron chi connectivity index (χ4n) is 6.02. The number of aliphatic hydroxyl groups is 1. The van der Waals surface area contributed by atoms with E-state index in [4.69, 9.17) is 4.74 Å². The summed E-state index contributed by atoms with van der Waals surface area (Å²) in [5.74, 6) is 0.491. The summed E-state index contributed by atoms with van der Waals surface area (Å²) in [5, 5.41) is 10.8. The van der Waals surface area contributed by atoms with Crippen LogP contribution in [0.2, 0.25) is 0 Å². The van der Waals surface area contributed by atoms with Gasteiger partial charge in [0.25, 0.3) is 0 Å². The number of hydrogen-bond acceptors (Lipinski definition) is 4. The van der Waals surface area contributed by atoms with Crippen molar-refractivity contribution in [3.63, 3.8) is 0 Å². The smallest absolute Gasteiger partial charge is 0.313 e. The Hall–Kier alpha value is -1.68. The highest BCUT2D eigenvalue weighted by Crippen LogP contribution is 2.68. The zero-order valence-corrected chi connectivity index (χ0v) is 13.3. The third-order valence-corrected chi connectivity index (χ3v) is 6.97. The van der Waals surface area contributed by atoms with Crippen molar-refractivity contribution in [2.75, 3.05) is 0 Å². The van der Waals surface area contributed by atoms with Crippen LogP contribution in [0.4, 0.5) is 0 Å². The molecule has 1 unspecified atom stereocenters. The second-order valence-corrected chi connectivity index (χ2v) is 7.91. The molecule has 1 saturated carbocycles. The molecule has 2 bridgehead atoms. The molecule has 120 valence electrons. The zero-order chi connectivity index (χ0) is 16.1. The monoisotopic (exact) mass is 312 g/mol. The van der Waals surface area contributed by atoms with E-state index in [1.807, 2.05) is 6.92 Å². The molecule has 1 aromatic carbocycles. The highest BCUT2D eigenvalue weighted by Gasteiger charge is 2.68. The predicted octanol–water partition coefficient (Wildman–Crippen LogP) is 2.00. The summed E-state index contributed by atoms with van der Waals surface area (Å²) in [7, 11) is 0. The number of carbonyl (C=O) groups is 1. The Morgan fingerprint density at radius 2 is 2.09 bits per heavy atom. The van der Waals surface area contributed by atoms with Gasteiger partial charge in [-0.1, -0.05) is 6.92 Å². The third-order valence-electron chi connectivity index (χ3n) is 6.97. The lowest BCUT2D eigenvalue weighted by atomic mass is 9.49. The van der Waals surface area contributed by atoms with Crippen molar-refractivity contribution in [2.45, 2.75) is 51.2 Å². The minimum Gasteiger partial charge on any atom is -0.462 e. The van der Waals surface area contributed by atoms with E-state index in [2.05, 4.69) is 6.92 Å². The first-order valence-electron chi connectivity index (χ1n) is 8.50. The first-order valence-corrected chi connectivity index (χ1v) is 8.50. The molecule has 2 aliphatic heterocycles. The SMILES string of the molecule is Cc1cc(=O)cc2c3c1C[C@H]1[C@@H]3[C@]3(C[C@H]2O)C(=O)O[C@@H]1CC3C. The van der Waals surface area contributed by atoms with Crippen molar-refractivity contribution >= 4 is 5.97 Å². The zero-order valence-electron chi connectivity index (χ0n) is 13.3. The molecule has 2 saturated heterocycles. The van der Waals surface area contributed by atoms with Gasteiger partial charge in [0.1, 0.15) is 6.10 Å². The molecule has 3 fully saturated rings. The Morgan fingerprint density at radius 1 is 1.30 bits per heavy atom. The summed E-state index contributed by atoms with van der Waals surface area (Å²) in [6.07, 6.45) is 1.35. The quantitative estimate of drug-likeness (QED) is 0.744. The van der Waals surface area contributed by atoms with Crippen LogP contribution in [-0.2, 0) is 16.0 Å². The van der Waals surface area contributed by atoms with Gasteiger partial charge in [0.2, 0.25) is 0 Å². The molecule has 0 aromatic heterocycles. The van der Waals surface area contributed by atoms with Gasteiger partial charge in [-0.05, 0) is 66.5 Å². The normalized spacial score (nSPS) is 42.4. The summed E-state index contributed by atoms with van der Waals surface area (Å²) in [4.78, 5) is 24.9. The maximum Gasteiger partial charge on any atom is 0.313 e. The van der Waals surface area contributed by atoms with Crippen LogP contribution in [-0.4, -0.2) is 17.2 Å². The Balaban J connectivity index is 1.88. The Morgan fingerprint density at radius 3 is 2.83 bits per heavy atom. The molecule has 0 radical (unpaired) electrons. The van der Waals surface area contributed by atoms with Gasteiger partial charge in [-0.25, -0.2) is 0 Å². The van der Waals surface area contributed by atoms with Gasteiger partial charge < -0.3 is 9.84 Å². The molecule has 1 spiro atoms. The molecular formula is C19H20O4. The number of carbonyl (C=O) groups excluding carboxylic acids is 1. The molecule has 1 N–H and O–H groups in total. The van der Waals surface area contributed by atoms with E-state index < -0.39 is 11.5 Å². The van der Waals surface area contributed by atoms with Gasteiger partial charge in [-0.15, -0.1) is 0 Å². The molecule has 1 aromatic rings. The number of fused-ring (bicyclic) bond motifs is 2. The largest absolute Gasteiger partial charge is 0.462 e. The van der Waals surface area contributed by atoms with E-state index in [1.54, 1.807) is 12.1 Å². The maximum absolute atomic E-state index is 12.8. The van der Waals surface area contributed by atoms with Crippen LogP contribution in [0.5, 0.6) is 0 Å². The minimum absolute atomic E-state index is 0.0173. The van der Waals surface area contributed by atoms with E-state index in [0.29, 0.717) is 12.3 Å². The average Bonchev–Trinajstić information content (AvgIpc) is 2.83. The number of aliphatic hydroxyl groups excluding tert-OH is 1. The lowest BCUT2D eigenvalue weighted by Crippen LogP contribution is -2.61. The van der Waals surface area contributed by atoms with Gasteiger partial charge in [0, 0.05) is 11.8 Å². The van der Waals surface area contributed by atoms with E-state index in [9.17, 15) is 14.7 Å². The summed E-state index contributed by atoms with van der Waals surface area (Å²) in [6, 6.07) is 3.25. The van der Waals surface area contributed by atoms with Gasteiger partial charge in [-0.2, -0.15) is 0 Å². The molecule has 0 amide bonds. The van der Waals surface area contributed by atoms with E-state index in [1.165, 1.54) is 0 Å². The van der Waals surface area contributed by atoms with Crippen LogP contribution in [0.3, 0.4) is 0 Å². The molecular weight excluding hydrogens is 292 g/mol. The van der Waals surface area contributed by atoms with Gasteiger partial charge >= 0.3 is 5.97 Å². The van der Waals surface area contributed by atoms with Crippen LogP contribution in [0.25, 0.3) is 0 Å². The standard InChI is InChI=1S/C19H20O4/c1-8-3-10(20)5-12-14(21)7-19-9(2)4-15(23-18(19)22)13-6-11(8)16(12)17(13)19/h3,5,9,13-15,17,21H,4,6-7H2,1-2H3/t9?,13-,14-,15-,17+,19-/m1/s1. The maximum atomic E-state index is 12.8. The van der Waals surface area contributed by atoms with Crippen LogP contribution < -0.4 is 5.43 Å². The van der Waals surface area contributed by atoms with Crippen LogP contribution >= 0.6 is 0 Å². The lowest BCUT2D eigenvalue weighted by molar-refractivity contribution is -0.212. The van der Waals surface area contributed by atoms with Crippen molar-refractivity contribution in [2.24, 2.45) is 17.3 Å². The minimum atomic E-state index is -0.761. The predicted molar refractivity (Wildman–Crippen MR) is 83.1 cm³/mol. The molecule has 6 rings (SSSR count). The van der Waals surface area contributed by atoms with E-state index >= 15 is 0 Å². The topological polar surface area (TPSA) is 63.6 Å². The van der Waals surface area contributed by atoms with Crippen molar-refractivity contribution in [1.29, 1.82) is 0 Å². The highest BCUT2D eigenvalue weighted by molar-refractivity contribution is 5.83. The number of hydrogen-bond donors (Lipinski definition) is 1. The number of rotatable bonds is 0. The summed E-state index contributed by atoms with van der Waals surface area (Å²) >= 11 is 0. The first kappa shape index (κ1) is 13.7. The molecule has 5 aliphatic rings. The fraction of sp³-hybridized carbons (Fsp3) is 0.579. The average molecular weight is 312 g/mol. The first-order chi connectivity index (χ1) is 10.9. The van der Waals surface area contributed by atoms with Gasteiger partial charge in [0.05, 0.1) is 11.5 Å². The number of esters is 1. The molecule has 4 heteroatoms. The van der Waals surface area contributed by atoms with Crippen LogP contribution in [0.15, 0.2) is 16.9 Å². The van der Waals surface area contributed by atoms with Crippen molar-refractivity contribution in [3.8, 4) is 0 Å². The summed E-state index contributed by atoms with van der Waals surface area (Å²) in [6.45, 7) is 4.09. The Labute approximate surface area is 134 Å². The summed E-state index contributed by atoms with van der Waals surface area (Å²) < 4.78 is 5.75. The molecule has 4 nitrogen and oxygen atoms in total. The van der Waals surface area contributed by atoms with E-state index in [-0.39, 0.29) is 29.3 Å². The molecule has 23 heavy (non-hydrogen) atoms. The van der Waals surface area contributed by atoms with Crippen LogP contribution in [0, 0.1) is 24.2 Å². The molecule has 2 heterocycles. The second kappa shape index (κ2) is 4.04. The second-order valence-electron chi connectivity index (χ2n) is 7.91. The van der Waals surface area contributed by atoms with Crippen LogP contribution in [0.1, 0.15) is 54.0 Å². The van der Waals surface area contributed by atoms with Crippen molar-refractivity contribution in [1.82, 2.24) is 0 Å². The number of ether oxygens (including phenoxy) is 1. The Bertz CT molecular complexity index is 814. The fourth-order valence-corrected chi connectivity index (χ4v) is 6.02. The molecule has 6 atom stereocenters. The van der Waals surface area contributed by atoms with Gasteiger partial charge in [0.15, 0.2) is 5.43 Å². The highest BCUT2D eigenvalue weighted by atomic mass is 16.5. The molecule has 3 aliphatic carbocycles.